The van der Waals surface area contributed by atoms with E-state index >= 15 is 0 Å². The molecule has 0 aliphatic heterocycles. The maximum absolute atomic E-state index is 13.9. The third-order valence-electron chi connectivity index (χ3n) is 3.24. The van der Waals surface area contributed by atoms with E-state index in [0.29, 0.717) is 0 Å². The fourth-order valence-corrected chi connectivity index (χ4v) is 3.89. The summed E-state index contributed by atoms with van der Waals surface area (Å²) in [5, 5.41) is 0. The van der Waals surface area contributed by atoms with E-state index in [2.05, 4.69) is 0 Å². The Kier molecular flexibility index (Phi) is 4.93. The van der Waals surface area contributed by atoms with Gasteiger partial charge in [0.1, 0.15) is 11.6 Å². The van der Waals surface area contributed by atoms with Crippen molar-refractivity contribution in [2.45, 2.75) is 31.3 Å². The second-order valence-corrected chi connectivity index (χ2v) is 7.01. The van der Waals surface area contributed by atoms with Gasteiger partial charge in [0.25, 0.3) is 0 Å². The SMILES string of the molecule is CC(C)N(Cc1ccccc1)S(=O)(=O)c1c(F)cccc1F. The Morgan fingerprint density at radius 3 is 2.00 bits per heavy atom. The monoisotopic (exact) mass is 325 g/mol. The molecule has 3 nitrogen and oxygen atoms in total. The molecule has 22 heavy (non-hydrogen) atoms. The fraction of sp³-hybridized carbons (Fsp3) is 0.250. The van der Waals surface area contributed by atoms with Gasteiger partial charge in [0.2, 0.25) is 10.0 Å². The lowest BCUT2D eigenvalue weighted by atomic mass is 10.2. The maximum Gasteiger partial charge on any atom is 0.249 e. The van der Waals surface area contributed by atoms with Crippen LogP contribution >= 0.6 is 0 Å². The van der Waals surface area contributed by atoms with Gasteiger partial charge in [-0.15, -0.1) is 0 Å². The highest BCUT2D eigenvalue weighted by Crippen LogP contribution is 2.25. The van der Waals surface area contributed by atoms with Crippen molar-refractivity contribution >= 4 is 10.0 Å². The molecule has 2 aromatic carbocycles. The summed E-state index contributed by atoms with van der Waals surface area (Å²) in [5.74, 6) is -2.17. The normalized spacial score (nSPS) is 12.1. The minimum absolute atomic E-state index is 0.0502. The van der Waals surface area contributed by atoms with Gasteiger partial charge in [0, 0.05) is 12.6 Å². The minimum atomic E-state index is -4.28. The van der Waals surface area contributed by atoms with Crippen LogP contribution in [0.5, 0.6) is 0 Å². The van der Waals surface area contributed by atoms with Gasteiger partial charge in [-0.25, -0.2) is 17.2 Å². The lowest BCUT2D eigenvalue weighted by Crippen LogP contribution is -2.37. The van der Waals surface area contributed by atoms with E-state index in [1.807, 2.05) is 6.07 Å². The zero-order chi connectivity index (χ0) is 16.3. The number of halogens is 2. The molecule has 0 saturated heterocycles. The van der Waals surface area contributed by atoms with Crippen molar-refractivity contribution in [2.24, 2.45) is 0 Å². The Labute approximate surface area is 129 Å². The molecular weight excluding hydrogens is 308 g/mol. The molecule has 0 atom stereocenters. The van der Waals surface area contributed by atoms with E-state index in [9.17, 15) is 17.2 Å². The molecule has 0 aliphatic rings. The van der Waals surface area contributed by atoms with Crippen LogP contribution in [0.15, 0.2) is 53.4 Å². The van der Waals surface area contributed by atoms with Crippen LogP contribution in [0.2, 0.25) is 0 Å². The van der Waals surface area contributed by atoms with Gasteiger partial charge in [0.15, 0.2) is 4.90 Å². The van der Waals surface area contributed by atoms with Gasteiger partial charge in [0.05, 0.1) is 0 Å². The summed E-state index contributed by atoms with van der Waals surface area (Å²) in [4.78, 5) is -0.903. The molecule has 118 valence electrons. The topological polar surface area (TPSA) is 37.4 Å². The van der Waals surface area contributed by atoms with E-state index in [4.69, 9.17) is 0 Å². The summed E-state index contributed by atoms with van der Waals surface area (Å²) in [6, 6.07) is 11.5. The van der Waals surface area contributed by atoms with Crippen molar-refractivity contribution in [3.05, 3.63) is 65.7 Å². The molecule has 0 fully saturated rings. The molecule has 0 unspecified atom stereocenters. The van der Waals surface area contributed by atoms with Crippen LogP contribution in [0, 0.1) is 11.6 Å². The van der Waals surface area contributed by atoms with Crippen molar-refractivity contribution in [1.82, 2.24) is 4.31 Å². The second kappa shape index (κ2) is 6.54. The molecule has 0 aliphatic carbocycles. The Balaban J connectivity index is 2.48. The molecule has 0 N–H and O–H groups in total. The van der Waals surface area contributed by atoms with Crippen molar-refractivity contribution in [1.29, 1.82) is 0 Å². The molecule has 2 aromatic rings. The van der Waals surface area contributed by atoms with E-state index in [-0.39, 0.29) is 6.54 Å². The van der Waals surface area contributed by atoms with Gasteiger partial charge in [-0.1, -0.05) is 36.4 Å². The standard InChI is InChI=1S/C16H17F2NO2S/c1-12(2)19(11-13-7-4-3-5-8-13)22(20,21)16-14(17)9-6-10-15(16)18/h3-10,12H,11H2,1-2H3. The quantitative estimate of drug-likeness (QED) is 0.843. The zero-order valence-corrected chi connectivity index (χ0v) is 13.1. The van der Waals surface area contributed by atoms with E-state index in [1.165, 1.54) is 0 Å². The van der Waals surface area contributed by atoms with Crippen LogP contribution in [0.3, 0.4) is 0 Å². The van der Waals surface area contributed by atoms with Gasteiger partial charge < -0.3 is 0 Å². The fourth-order valence-electron chi connectivity index (χ4n) is 2.15. The maximum atomic E-state index is 13.9. The number of hydrogen-bond donors (Lipinski definition) is 0. The summed E-state index contributed by atoms with van der Waals surface area (Å²) in [6.45, 7) is 3.38. The molecule has 0 bridgehead atoms. The Morgan fingerprint density at radius 2 is 1.50 bits per heavy atom. The van der Waals surface area contributed by atoms with Crippen LogP contribution in [0.4, 0.5) is 8.78 Å². The van der Waals surface area contributed by atoms with Crippen molar-refractivity contribution in [3.8, 4) is 0 Å². The predicted octanol–water partition coefficient (Wildman–Crippen LogP) is 3.56. The summed E-state index contributed by atoms with van der Waals surface area (Å²) in [6.07, 6.45) is 0. The molecule has 6 heteroatoms. The smallest absolute Gasteiger partial charge is 0.207 e. The molecule has 0 aromatic heterocycles. The number of benzene rings is 2. The molecule has 0 amide bonds. The van der Waals surface area contributed by atoms with Crippen molar-refractivity contribution in [3.63, 3.8) is 0 Å². The predicted molar refractivity (Wildman–Crippen MR) is 80.7 cm³/mol. The number of nitrogens with zero attached hydrogens (tertiary/aromatic N) is 1. The lowest BCUT2D eigenvalue weighted by Gasteiger charge is -2.26. The Hall–Kier alpha value is -1.79. The molecule has 0 saturated carbocycles. The third kappa shape index (κ3) is 3.34. The van der Waals surface area contributed by atoms with E-state index < -0.39 is 32.6 Å². The largest absolute Gasteiger partial charge is 0.249 e. The molecule has 0 heterocycles. The first-order valence-corrected chi connectivity index (χ1v) is 8.28. The van der Waals surface area contributed by atoms with Crippen molar-refractivity contribution < 1.29 is 17.2 Å². The third-order valence-corrected chi connectivity index (χ3v) is 5.32. The number of rotatable bonds is 5. The Bertz CT molecular complexity index is 726. The van der Waals surface area contributed by atoms with Crippen LogP contribution in [-0.4, -0.2) is 18.8 Å². The summed E-state index contributed by atoms with van der Waals surface area (Å²) >= 11 is 0. The average molecular weight is 325 g/mol. The zero-order valence-electron chi connectivity index (χ0n) is 12.3. The summed E-state index contributed by atoms with van der Waals surface area (Å²) in [5.41, 5.74) is 0.747. The molecular formula is C16H17F2NO2S. The molecule has 0 spiro atoms. The van der Waals surface area contributed by atoms with Gasteiger partial charge in [-0.2, -0.15) is 4.31 Å². The highest BCUT2D eigenvalue weighted by atomic mass is 32.2. The Morgan fingerprint density at radius 1 is 0.955 bits per heavy atom. The first kappa shape index (κ1) is 16.6. The van der Waals surface area contributed by atoms with Gasteiger partial charge in [-0.05, 0) is 31.5 Å². The highest BCUT2D eigenvalue weighted by molar-refractivity contribution is 7.89. The van der Waals surface area contributed by atoms with Crippen LogP contribution in [-0.2, 0) is 16.6 Å². The first-order valence-electron chi connectivity index (χ1n) is 6.84. The van der Waals surface area contributed by atoms with Crippen LogP contribution in [0.25, 0.3) is 0 Å². The number of sulfonamides is 1. The summed E-state index contributed by atoms with van der Waals surface area (Å²) in [7, 11) is -4.28. The first-order chi connectivity index (χ1) is 10.3. The van der Waals surface area contributed by atoms with Crippen LogP contribution in [0.1, 0.15) is 19.4 Å². The van der Waals surface area contributed by atoms with Gasteiger partial charge >= 0.3 is 0 Å². The van der Waals surface area contributed by atoms with Crippen molar-refractivity contribution in [2.75, 3.05) is 0 Å². The molecule has 0 radical (unpaired) electrons. The van der Waals surface area contributed by atoms with E-state index in [0.717, 1.165) is 28.1 Å². The highest BCUT2D eigenvalue weighted by Gasteiger charge is 2.32. The number of hydrogen-bond acceptors (Lipinski definition) is 2. The van der Waals surface area contributed by atoms with E-state index in [1.54, 1.807) is 38.1 Å². The van der Waals surface area contributed by atoms with Crippen LogP contribution < -0.4 is 0 Å². The summed E-state index contributed by atoms with van der Waals surface area (Å²) < 4.78 is 54.1. The second-order valence-electron chi connectivity index (χ2n) is 5.18. The lowest BCUT2D eigenvalue weighted by molar-refractivity contribution is 0.343. The van der Waals surface area contributed by atoms with Gasteiger partial charge in [-0.3, -0.25) is 0 Å². The molecule has 2 rings (SSSR count). The minimum Gasteiger partial charge on any atom is -0.207 e. The average Bonchev–Trinajstić information content (AvgIpc) is 2.45.